The number of thioether (sulfide) groups is 2. The molecule has 0 N–H and O–H groups in total. The van der Waals surface area contributed by atoms with E-state index in [1.807, 2.05) is 23.5 Å². The smallest absolute Gasteiger partial charge is 0.130 e. The summed E-state index contributed by atoms with van der Waals surface area (Å²) in [5.74, 6) is 2.69. The topological polar surface area (TPSA) is 17.1 Å². The van der Waals surface area contributed by atoms with E-state index in [2.05, 4.69) is 30.3 Å². The predicted molar refractivity (Wildman–Crippen MR) is 77.8 cm³/mol. The molecular weight excluding hydrogens is 248 g/mol. The van der Waals surface area contributed by atoms with E-state index in [0.29, 0.717) is 16.3 Å². The van der Waals surface area contributed by atoms with Gasteiger partial charge >= 0.3 is 0 Å². The second-order valence-corrected chi connectivity index (χ2v) is 7.12. The SMILES string of the molecule is CC(=O)C[C@@H]1C[C@H](c2ccccc2)SCCS1. The van der Waals surface area contributed by atoms with Gasteiger partial charge < -0.3 is 0 Å². The zero-order valence-electron chi connectivity index (χ0n) is 10.1. The molecule has 0 aliphatic carbocycles. The number of Topliss-reactive ketones (excluding diaryl/α,β-unsaturated/α-hetero) is 1. The molecule has 1 aliphatic rings. The predicted octanol–water partition coefficient (Wildman–Crippen LogP) is 3.95. The van der Waals surface area contributed by atoms with Crippen molar-refractivity contribution in [1.29, 1.82) is 0 Å². The second kappa shape index (κ2) is 6.50. The molecule has 0 bridgehead atoms. The highest BCUT2D eigenvalue weighted by Crippen LogP contribution is 2.40. The molecule has 1 aliphatic heterocycles. The summed E-state index contributed by atoms with van der Waals surface area (Å²) in [4.78, 5) is 11.2. The molecule has 92 valence electrons. The third-order valence-electron chi connectivity index (χ3n) is 2.92. The monoisotopic (exact) mass is 266 g/mol. The standard InChI is InChI=1S/C14H18OS2/c1-11(15)9-13-10-14(17-8-7-16-13)12-5-3-2-4-6-12/h2-6,13-14H,7-10H2,1H3/t13-,14-/m1/s1. The summed E-state index contributed by atoms with van der Waals surface area (Å²) in [7, 11) is 0. The third-order valence-corrected chi connectivity index (χ3v) is 5.75. The summed E-state index contributed by atoms with van der Waals surface area (Å²) >= 11 is 4.00. The van der Waals surface area contributed by atoms with Crippen molar-refractivity contribution < 1.29 is 4.79 Å². The molecule has 2 atom stereocenters. The van der Waals surface area contributed by atoms with E-state index in [-0.39, 0.29) is 0 Å². The molecule has 2 rings (SSSR count). The van der Waals surface area contributed by atoms with Gasteiger partial charge in [0.15, 0.2) is 0 Å². The number of rotatable bonds is 3. The molecule has 0 saturated carbocycles. The maximum Gasteiger partial charge on any atom is 0.130 e. The van der Waals surface area contributed by atoms with Gasteiger partial charge in [-0.3, -0.25) is 4.79 Å². The summed E-state index contributed by atoms with van der Waals surface area (Å²) in [6.45, 7) is 1.70. The van der Waals surface area contributed by atoms with Gasteiger partial charge in [0.2, 0.25) is 0 Å². The zero-order chi connectivity index (χ0) is 12.1. The van der Waals surface area contributed by atoms with Crippen LogP contribution in [-0.4, -0.2) is 22.5 Å². The molecule has 0 amide bonds. The van der Waals surface area contributed by atoms with Crippen LogP contribution in [0, 0.1) is 0 Å². The van der Waals surface area contributed by atoms with E-state index < -0.39 is 0 Å². The Bertz CT molecular complexity index is 364. The van der Waals surface area contributed by atoms with Gasteiger partial charge in [-0.25, -0.2) is 0 Å². The average Bonchev–Trinajstić information content (AvgIpc) is 2.55. The van der Waals surface area contributed by atoms with Crippen molar-refractivity contribution in [2.75, 3.05) is 11.5 Å². The Hall–Kier alpha value is -0.410. The summed E-state index contributed by atoms with van der Waals surface area (Å²) in [5, 5.41) is 1.07. The zero-order valence-corrected chi connectivity index (χ0v) is 11.7. The quantitative estimate of drug-likeness (QED) is 0.824. The first-order valence-electron chi connectivity index (χ1n) is 6.03. The number of hydrogen-bond acceptors (Lipinski definition) is 3. The number of hydrogen-bond donors (Lipinski definition) is 0. The molecule has 0 radical (unpaired) electrons. The molecule has 0 unspecified atom stereocenters. The van der Waals surface area contributed by atoms with Gasteiger partial charge in [0.05, 0.1) is 0 Å². The lowest BCUT2D eigenvalue weighted by Crippen LogP contribution is -2.10. The fraction of sp³-hybridized carbons (Fsp3) is 0.500. The van der Waals surface area contributed by atoms with Crippen molar-refractivity contribution in [3.63, 3.8) is 0 Å². The number of carbonyl (C=O) groups is 1. The van der Waals surface area contributed by atoms with Gasteiger partial charge in [-0.05, 0) is 18.9 Å². The summed E-state index contributed by atoms with van der Waals surface area (Å²) < 4.78 is 0. The summed E-state index contributed by atoms with van der Waals surface area (Å²) in [6.07, 6.45) is 1.85. The van der Waals surface area contributed by atoms with Gasteiger partial charge in [-0.1, -0.05) is 30.3 Å². The van der Waals surface area contributed by atoms with E-state index in [0.717, 1.165) is 12.8 Å². The van der Waals surface area contributed by atoms with Crippen LogP contribution in [0.3, 0.4) is 0 Å². The maximum absolute atomic E-state index is 11.2. The normalized spacial score (nSPS) is 25.2. The molecule has 17 heavy (non-hydrogen) atoms. The van der Waals surface area contributed by atoms with Crippen LogP contribution in [0.5, 0.6) is 0 Å². The van der Waals surface area contributed by atoms with Gasteiger partial charge in [-0.2, -0.15) is 23.5 Å². The molecule has 1 fully saturated rings. The van der Waals surface area contributed by atoms with Crippen molar-refractivity contribution in [3.8, 4) is 0 Å². The van der Waals surface area contributed by atoms with E-state index in [1.165, 1.54) is 17.1 Å². The first-order chi connectivity index (χ1) is 8.25. The van der Waals surface area contributed by atoms with Crippen LogP contribution in [0.15, 0.2) is 30.3 Å². The van der Waals surface area contributed by atoms with Crippen molar-refractivity contribution in [1.82, 2.24) is 0 Å². The molecule has 0 spiro atoms. The van der Waals surface area contributed by atoms with Gasteiger partial charge in [0.1, 0.15) is 5.78 Å². The molecule has 1 nitrogen and oxygen atoms in total. The van der Waals surface area contributed by atoms with Crippen molar-refractivity contribution in [3.05, 3.63) is 35.9 Å². The average molecular weight is 266 g/mol. The van der Waals surface area contributed by atoms with Crippen LogP contribution >= 0.6 is 23.5 Å². The lowest BCUT2D eigenvalue weighted by Gasteiger charge is -2.18. The Morgan fingerprint density at radius 2 is 1.94 bits per heavy atom. The van der Waals surface area contributed by atoms with Crippen LogP contribution in [0.2, 0.25) is 0 Å². The van der Waals surface area contributed by atoms with Gasteiger partial charge in [0, 0.05) is 28.4 Å². The first kappa shape index (κ1) is 13.0. The Labute approximate surface area is 112 Å². The van der Waals surface area contributed by atoms with E-state index in [9.17, 15) is 4.79 Å². The van der Waals surface area contributed by atoms with Crippen molar-refractivity contribution in [2.24, 2.45) is 0 Å². The molecular formula is C14H18OS2. The molecule has 1 aromatic rings. The van der Waals surface area contributed by atoms with Gasteiger partial charge in [-0.15, -0.1) is 0 Å². The third kappa shape index (κ3) is 4.07. The summed E-state index contributed by atoms with van der Waals surface area (Å²) in [6, 6.07) is 10.7. The minimum absolute atomic E-state index is 0.321. The fourth-order valence-electron chi connectivity index (χ4n) is 2.14. The van der Waals surface area contributed by atoms with E-state index in [4.69, 9.17) is 0 Å². The Kier molecular flexibility index (Phi) is 4.99. The Balaban J connectivity index is 2.04. The van der Waals surface area contributed by atoms with Crippen LogP contribution in [0.25, 0.3) is 0 Å². The first-order valence-corrected chi connectivity index (χ1v) is 8.13. The lowest BCUT2D eigenvalue weighted by atomic mass is 10.1. The molecule has 1 heterocycles. The largest absolute Gasteiger partial charge is 0.300 e. The number of ketones is 1. The van der Waals surface area contributed by atoms with Crippen LogP contribution in [0.4, 0.5) is 0 Å². The van der Waals surface area contributed by atoms with Crippen LogP contribution in [0.1, 0.15) is 30.6 Å². The highest BCUT2D eigenvalue weighted by Gasteiger charge is 2.23. The summed E-state index contributed by atoms with van der Waals surface area (Å²) in [5.41, 5.74) is 1.41. The van der Waals surface area contributed by atoms with Crippen molar-refractivity contribution in [2.45, 2.75) is 30.3 Å². The highest BCUT2D eigenvalue weighted by atomic mass is 32.2. The van der Waals surface area contributed by atoms with Crippen LogP contribution in [-0.2, 0) is 4.79 Å². The maximum atomic E-state index is 11.2. The molecule has 0 aromatic heterocycles. The van der Waals surface area contributed by atoms with E-state index in [1.54, 1.807) is 6.92 Å². The minimum atomic E-state index is 0.321. The molecule has 1 saturated heterocycles. The molecule has 3 heteroatoms. The minimum Gasteiger partial charge on any atom is -0.300 e. The van der Waals surface area contributed by atoms with Crippen LogP contribution < -0.4 is 0 Å². The Morgan fingerprint density at radius 1 is 1.24 bits per heavy atom. The van der Waals surface area contributed by atoms with E-state index >= 15 is 0 Å². The van der Waals surface area contributed by atoms with Gasteiger partial charge in [0.25, 0.3) is 0 Å². The highest BCUT2D eigenvalue weighted by molar-refractivity contribution is 8.04. The lowest BCUT2D eigenvalue weighted by molar-refractivity contribution is -0.117. The fourth-order valence-corrected chi connectivity index (χ4v) is 5.05. The van der Waals surface area contributed by atoms with Crippen molar-refractivity contribution >= 4 is 29.3 Å². The number of carbonyl (C=O) groups excluding carboxylic acids is 1. The molecule has 1 aromatic carbocycles. The number of benzene rings is 1. The second-order valence-electron chi connectivity index (χ2n) is 4.40. The Morgan fingerprint density at radius 3 is 2.65 bits per heavy atom.